The number of hydrogen-bond acceptors (Lipinski definition) is 3. The van der Waals surface area contributed by atoms with Crippen LogP contribution in [0.3, 0.4) is 0 Å². The van der Waals surface area contributed by atoms with E-state index < -0.39 is 5.91 Å². The van der Waals surface area contributed by atoms with Crippen molar-refractivity contribution in [2.24, 2.45) is 12.1 Å². The third-order valence-corrected chi connectivity index (χ3v) is 4.34. The predicted molar refractivity (Wildman–Crippen MR) is 98.4 cm³/mol. The molecule has 0 aliphatic rings. The van der Waals surface area contributed by atoms with Crippen LogP contribution in [0, 0.1) is 0 Å². The van der Waals surface area contributed by atoms with Crippen molar-refractivity contribution in [2.75, 3.05) is 0 Å². The molecule has 0 atom stereocenters. The molecule has 24 heavy (non-hydrogen) atoms. The van der Waals surface area contributed by atoms with Gasteiger partial charge in [-0.2, -0.15) is 5.10 Å². The van der Waals surface area contributed by atoms with Gasteiger partial charge in [0.25, 0.3) is 5.91 Å². The Labute approximate surface area is 147 Å². The first kappa shape index (κ1) is 16.3. The van der Waals surface area contributed by atoms with Gasteiger partial charge in [0.2, 0.25) is 0 Å². The molecule has 1 aromatic heterocycles. The SMILES string of the molecule is C/C(=N\NC(=O)c1cc(Br)ccc1O)c1cc2ccccc2n1C. The number of nitrogens with one attached hydrogen (secondary N) is 1. The maximum atomic E-state index is 12.2. The van der Waals surface area contributed by atoms with E-state index in [4.69, 9.17) is 0 Å². The Balaban J connectivity index is 1.86. The molecule has 1 amide bonds. The molecule has 0 saturated heterocycles. The van der Waals surface area contributed by atoms with Crippen LogP contribution in [0.2, 0.25) is 0 Å². The van der Waals surface area contributed by atoms with Gasteiger partial charge in [0.15, 0.2) is 0 Å². The van der Waals surface area contributed by atoms with Crippen LogP contribution in [0.5, 0.6) is 5.75 Å². The lowest BCUT2D eigenvalue weighted by Crippen LogP contribution is -2.20. The first-order chi connectivity index (χ1) is 11.5. The van der Waals surface area contributed by atoms with Crippen molar-refractivity contribution in [3.63, 3.8) is 0 Å². The highest BCUT2D eigenvalue weighted by Gasteiger charge is 2.12. The Morgan fingerprint density at radius 3 is 2.71 bits per heavy atom. The predicted octanol–water partition coefficient (Wildman–Crippen LogP) is 3.80. The average molecular weight is 386 g/mol. The lowest BCUT2D eigenvalue weighted by molar-refractivity contribution is 0.0952. The summed E-state index contributed by atoms with van der Waals surface area (Å²) in [6.45, 7) is 1.83. The number of nitrogens with zero attached hydrogens (tertiary/aromatic N) is 2. The number of fused-ring (bicyclic) bond motifs is 1. The number of phenolic OH excluding ortho intramolecular Hbond substituents is 1. The van der Waals surface area contributed by atoms with Crippen molar-refractivity contribution in [2.45, 2.75) is 6.92 Å². The molecular formula is C18H16BrN3O2. The van der Waals surface area contributed by atoms with Crippen molar-refractivity contribution in [3.05, 3.63) is 64.3 Å². The zero-order valence-electron chi connectivity index (χ0n) is 13.2. The number of aromatic nitrogens is 1. The second-order valence-corrected chi connectivity index (χ2v) is 6.36. The topological polar surface area (TPSA) is 66.6 Å². The number of benzene rings is 2. The summed E-state index contributed by atoms with van der Waals surface area (Å²) in [6, 6.07) is 14.7. The fourth-order valence-corrected chi connectivity index (χ4v) is 2.94. The average Bonchev–Trinajstić information content (AvgIpc) is 2.92. The number of hydrogen-bond donors (Lipinski definition) is 2. The van der Waals surface area contributed by atoms with Crippen LogP contribution in [0.4, 0.5) is 0 Å². The van der Waals surface area contributed by atoms with Gasteiger partial charge < -0.3 is 9.67 Å². The molecule has 0 aliphatic carbocycles. The molecule has 0 unspecified atom stereocenters. The van der Waals surface area contributed by atoms with Gasteiger partial charge >= 0.3 is 0 Å². The first-order valence-corrected chi connectivity index (χ1v) is 8.14. The van der Waals surface area contributed by atoms with E-state index in [9.17, 15) is 9.90 Å². The number of carbonyl (C=O) groups excluding carboxylic acids is 1. The van der Waals surface area contributed by atoms with Gasteiger partial charge in [0.05, 0.1) is 17.0 Å². The summed E-state index contributed by atoms with van der Waals surface area (Å²) in [5, 5.41) is 15.1. The van der Waals surface area contributed by atoms with E-state index in [1.165, 1.54) is 6.07 Å². The van der Waals surface area contributed by atoms with E-state index in [1.807, 2.05) is 48.9 Å². The zero-order valence-corrected chi connectivity index (χ0v) is 14.8. The lowest BCUT2D eigenvalue weighted by Gasteiger charge is -2.06. The summed E-state index contributed by atoms with van der Waals surface area (Å²) >= 11 is 3.28. The number of aromatic hydroxyl groups is 1. The first-order valence-electron chi connectivity index (χ1n) is 7.35. The minimum Gasteiger partial charge on any atom is -0.507 e. The summed E-state index contributed by atoms with van der Waals surface area (Å²) in [7, 11) is 1.96. The van der Waals surface area contributed by atoms with Gasteiger partial charge in [0, 0.05) is 22.4 Å². The largest absolute Gasteiger partial charge is 0.507 e. The number of aryl methyl sites for hydroxylation is 1. The second kappa shape index (κ2) is 6.49. The van der Waals surface area contributed by atoms with Crippen molar-refractivity contribution in [3.8, 4) is 5.75 Å². The van der Waals surface area contributed by atoms with E-state index in [2.05, 4.69) is 26.5 Å². The number of para-hydroxylation sites is 1. The molecule has 3 aromatic rings. The molecule has 1 heterocycles. The van der Waals surface area contributed by atoms with Crippen LogP contribution < -0.4 is 5.43 Å². The summed E-state index contributed by atoms with van der Waals surface area (Å²) in [5.41, 5.74) is 5.34. The third-order valence-electron chi connectivity index (χ3n) is 3.85. The molecular weight excluding hydrogens is 370 g/mol. The quantitative estimate of drug-likeness (QED) is 0.531. The minimum atomic E-state index is -0.466. The van der Waals surface area contributed by atoms with Crippen LogP contribution >= 0.6 is 15.9 Å². The van der Waals surface area contributed by atoms with E-state index in [0.29, 0.717) is 10.2 Å². The summed E-state index contributed by atoms with van der Waals surface area (Å²) in [6.07, 6.45) is 0. The molecule has 0 aliphatic heterocycles. The van der Waals surface area contributed by atoms with Gasteiger partial charge in [-0.05, 0) is 37.3 Å². The molecule has 0 fully saturated rings. The smallest absolute Gasteiger partial charge is 0.275 e. The van der Waals surface area contributed by atoms with Gasteiger partial charge in [-0.1, -0.05) is 34.1 Å². The highest BCUT2D eigenvalue weighted by Crippen LogP contribution is 2.22. The van der Waals surface area contributed by atoms with Crippen LogP contribution in [0.25, 0.3) is 10.9 Å². The monoisotopic (exact) mass is 385 g/mol. The number of phenols is 1. The van der Waals surface area contributed by atoms with Crippen LogP contribution in [-0.2, 0) is 7.05 Å². The molecule has 2 aromatic carbocycles. The fraction of sp³-hybridized carbons (Fsp3) is 0.111. The number of amides is 1. The van der Waals surface area contributed by atoms with Crippen molar-refractivity contribution in [1.82, 2.24) is 9.99 Å². The number of halogens is 1. The lowest BCUT2D eigenvalue weighted by atomic mass is 10.2. The van der Waals surface area contributed by atoms with Crippen LogP contribution in [0.15, 0.2) is 58.1 Å². The van der Waals surface area contributed by atoms with E-state index in [1.54, 1.807) is 12.1 Å². The Hall–Kier alpha value is -2.60. The Morgan fingerprint density at radius 1 is 1.21 bits per heavy atom. The Bertz CT molecular complexity index is 960. The van der Waals surface area contributed by atoms with Crippen molar-refractivity contribution in [1.29, 1.82) is 0 Å². The summed E-state index contributed by atoms with van der Waals surface area (Å²) < 4.78 is 2.73. The Morgan fingerprint density at radius 2 is 1.96 bits per heavy atom. The fourth-order valence-electron chi connectivity index (χ4n) is 2.58. The molecule has 0 spiro atoms. The van der Waals surface area contributed by atoms with E-state index in [0.717, 1.165) is 16.6 Å². The van der Waals surface area contributed by atoms with Crippen LogP contribution in [-0.4, -0.2) is 21.3 Å². The standard InChI is InChI=1S/C18H16BrN3O2/c1-11(16-9-12-5-3-4-6-15(12)22(16)2)20-21-18(24)14-10-13(19)7-8-17(14)23/h3-10,23H,1-2H3,(H,21,24)/b20-11+. The zero-order chi connectivity index (χ0) is 17.3. The normalized spacial score (nSPS) is 11.7. The minimum absolute atomic E-state index is 0.0897. The van der Waals surface area contributed by atoms with Gasteiger partial charge in [-0.25, -0.2) is 5.43 Å². The van der Waals surface area contributed by atoms with Crippen molar-refractivity contribution < 1.29 is 9.90 Å². The second-order valence-electron chi connectivity index (χ2n) is 5.45. The van der Waals surface area contributed by atoms with Gasteiger partial charge in [-0.3, -0.25) is 4.79 Å². The van der Waals surface area contributed by atoms with Gasteiger partial charge in [-0.15, -0.1) is 0 Å². The molecule has 0 radical (unpaired) electrons. The van der Waals surface area contributed by atoms with Crippen LogP contribution in [0.1, 0.15) is 23.0 Å². The summed E-state index contributed by atoms with van der Waals surface area (Å²) in [5.74, 6) is -0.555. The number of carbonyl (C=O) groups is 1. The molecule has 0 bridgehead atoms. The number of rotatable bonds is 3. The number of hydrazone groups is 1. The van der Waals surface area contributed by atoms with Crippen molar-refractivity contribution >= 4 is 38.5 Å². The molecule has 5 nitrogen and oxygen atoms in total. The maximum absolute atomic E-state index is 12.2. The van der Waals surface area contributed by atoms with E-state index >= 15 is 0 Å². The highest BCUT2D eigenvalue weighted by molar-refractivity contribution is 9.10. The summed E-state index contributed by atoms with van der Waals surface area (Å²) in [4.78, 5) is 12.2. The highest BCUT2D eigenvalue weighted by atomic mass is 79.9. The molecule has 3 rings (SSSR count). The molecule has 0 saturated carbocycles. The molecule has 2 N–H and O–H groups in total. The molecule has 122 valence electrons. The third kappa shape index (κ3) is 3.05. The van der Waals surface area contributed by atoms with Gasteiger partial charge in [0.1, 0.15) is 5.75 Å². The van der Waals surface area contributed by atoms with E-state index in [-0.39, 0.29) is 11.3 Å². The molecule has 6 heteroatoms. The Kier molecular flexibility index (Phi) is 4.40. The maximum Gasteiger partial charge on any atom is 0.275 e.